The van der Waals surface area contributed by atoms with Crippen LogP contribution in [0.4, 0.5) is 0 Å². The molecule has 1 unspecified atom stereocenters. The Labute approximate surface area is 172 Å². The Kier molecular flexibility index (Phi) is 6.81. The highest BCUT2D eigenvalue weighted by Crippen LogP contribution is 2.21. The second-order valence-electron chi connectivity index (χ2n) is 6.58. The van der Waals surface area contributed by atoms with E-state index in [1.165, 1.54) is 0 Å². The molecule has 2 aromatic carbocycles. The minimum atomic E-state index is -0.471. The third-order valence-corrected chi connectivity index (χ3v) is 5.18. The van der Waals surface area contributed by atoms with Crippen molar-refractivity contribution in [1.82, 2.24) is 15.5 Å². The molecular formula is C21H22BrN3O3. The summed E-state index contributed by atoms with van der Waals surface area (Å²) in [7, 11) is 0. The Hall–Kier alpha value is -2.67. The quantitative estimate of drug-likeness (QED) is 0.673. The Morgan fingerprint density at radius 2 is 1.61 bits per heavy atom. The maximum Gasteiger partial charge on any atom is 0.254 e. The Morgan fingerprint density at radius 3 is 2.32 bits per heavy atom. The summed E-state index contributed by atoms with van der Waals surface area (Å²) in [4.78, 5) is 38.9. The van der Waals surface area contributed by atoms with E-state index in [-0.39, 0.29) is 17.7 Å². The van der Waals surface area contributed by atoms with Gasteiger partial charge in [0.05, 0.1) is 0 Å². The summed E-state index contributed by atoms with van der Waals surface area (Å²) in [6, 6.07) is 15.6. The second-order valence-corrected chi connectivity index (χ2v) is 7.49. The van der Waals surface area contributed by atoms with E-state index in [0.29, 0.717) is 37.2 Å². The van der Waals surface area contributed by atoms with Crippen molar-refractivity contribution in [2.75, 3.05) is 19.6 Å². The first-order valence-corrected chi connectivity index (χ1v) is 10.0. The average Bonchev–Trinajstić information content (AvgIpc) is 3.21. The number of benzene rings is 2. The summed E-state index contributed by atoms with van der Waals surface area (Å²) in [5, 5.41) is 5.59. The molecule has 0 bridgehead atoms. The molecule has 28 heavy (non-hydrogen) atoms. The molecule has 2 N–H and O–H groups in total. The van der Waals surface area contributed by atoms with Crippen LogP contribution >= 0.6 is 15.9 Å². The zero-order valence-corrected chi connectivity index (χ0v) is 16.9. The van der Waals surface area contributed by atoms with Crippen molar-refractivity contribution in [3.05, 3.63) is 70.2 Å². The molecule has 0 aromatic heterocycles. The predicted molar refractivity (Wildman–Crippen MR) is 110 cm³/mol. The normalized spacial score (nSPS) is 15.9. The summed E-state index contributed by atoms with van der Waals surface area (Å²) < 4.78 is 0.900. The van der Waals surface area contributed by atoms with Crippen molar-refractivity contribution in [3.8, 4) is 0 Å². The largest absolute Gasteiger partial charge is 0.353 e. The van der Waals surface area contributed by atoms with Gasteiger partial charge in [0.15, 0.2) is 0 Å². The van der Waals surface area contributed by atoms with Gasteiger partial charge in [-0.15, -0.1) is 0 Å². The van der Waals surface area contributed by atoms with E-state index in [1.54, 1.807) is 41.3 Å². The molecule has 1 atom stereocenters. The molecule has 3 rings (SSSR count). The number of nitrogens with one attached hydrogen (secondary N) is 2. The molecule has 0 saturated carbocycles. The van der Waals surface area contributed by atoms with Gasteiger partial charge in [0.1, 0.15) is 6.04 Å². The van der Waals surface area contributed by atoms with E-state index < -0.39 is 6.04 Å². The zero-order valence-electron chi connectivity index (χ0n) is 15.4. The van der Waals surface area contributed by atoms with Gasteiger partial charge in [-0.05, 0) is 49.2 Å². The summed E-state index contributed by atoms with van der Waals surface area (Å²) in [5.74, 6) is -0.498. The maximum absolute atomic E-state index is 12.7. The molecule has 1 aliphatic rings. The van der Waals surface area contributed by atoms with Gasteiger partial charge < -0.3 is 15.5 Å². The molecule has 0 spiro atoms. The van der Waals surface area contributed by atoms with E-state index in [2.05, 4.69) is 26.6 Å². The highest BCUT2D eigenvalue weighted by atomic mass is 79.9. The van der Waals surface area contributed by atoms with E-state index >= 15 is 0 Å². The Balaban J connectivity index is 1.48. The molecule has 3 amide bonds. The van der Waals surface area contributed by atoms with Gasteiger partial charge >= 0.3 is 0 Å². The first kappa shape index (κ1) is 20.1. The van der Waals surface area contributed by atoms with Crippen LogP contribution in [0.2, 0.25) is 0 Å². The van der Waals surface area contributed by atoms with Crippen molar-refractivity contribution in [2.24, 2.45) is 0 Å². The van der Waals surface area contributed by atoms with Crippen molar-refractivity contribution < 1.29 is 14.4 Å². The minimum absolute atomic E-state index is 0.137. The summed E-state index contributed by atoms with van der Waals surface area (Å²) in [6.45, 7) is 1.21. The average molecular weight is 444 g/mol. The van der Waals surface area contributed by atoms with Crippen LogP contribution in [0.1, 0.15) is 33.6 Å². The smallest absolute Gasteiger partial charge is 0.254 e. The first-order valence-electron chi connectivity index (χ1n) is 9.24. The van der Waals surface area contributed by atoms with Crippen LogP contribution in [0.3, 0.4) is 0 Å². The molecule has 6 nitrogen and oxygen atoms in total. The number of carbonyl (C=O) groups is 3. The number of carbonyl (C=O) groups excluding carboxylic acids is 3. The van der Waals surface area contributed by atoms with Crippen molar-refractivity contribution in [2.45, 2.75) is 18.9 Å². The van der Waals surface area contributed by atoms with E-state index in [0.717, 1.165) is 10.9 Å². The van der Waals surface area contributed by atoms with Crippen LogP contribution in [-0.4, -0.2) is 48.3 Å². The van der Waals surface area contributed by atoms with Gasteiger partial charge in [0, 0.05) is 35.2 Å². The minimum Gasteiger partial charge on any atom is -0.353 e. The fourth-order valence-electron chi connectivity index (χ4n) is 3.21. The first-order chi connectivity index (χ1) is 13.6. The Bertz CT molecular complexity index is 840. The summed E-state index contributed by atoms with van der Waals surface area (Å²) in [6.07, 6.45) is 1.44. The van der Waals surface area contributed by atoms with Crippen LogP contribution in [0.5, 0.6) is 0 Å². The zero-order chi connectivity index (χ0) is 19.9. The highest BCUT2D eigenvalue weighted by Gasteiger charge is 2.34. The number of likely N-dealkylation sites (tertiary alicyclic amines) is 1. The summed E-state index contributed by atoms with van der Waals surface area (Å²) in [5.41, 5.74) is 1.15. The fourth-order valence-corrected chi connectivity index (χ4v) is 3.48. The van der Waals surface area contributed by atoms with Crippen LogP contribution in [0.25, 0.3) is 0 Å². The van der Waals surface area contributed by atoms with Gasteiger partial charge in [-0.25, -0.2) is 0 Å². The topological polar surface area (TPSA) is 78.5 Å². The van der Waals surface area contributed by atoms with Crippen LogP contribution < -0.4 is 10.6 Å². The third-order valence-electron chi connectivity index (χ3n) is 4.65. The lowest BCUT2D eigenvalue weighted by atomic mass is 10.1. The van der Waals surface area contributed by atoms with E-state index in [1.807, 2.05) is 18.2 Å². The number of hydrogen-bond acceptors (Lipinski definition) is 3. The number of halogens is 1. The van der Waals surface area contributed by atoms with E-state index in [4.69, 9.17) is 0 Å². The molecular weight excluding hydrogens is 422 g/mol. The van der Waals surface area contributed by atoms with Crippen molar-refractivity contribution >= 4 is 33.7 Å². The fraction of sp³-hybridized carbons (Fsp3) is 0.286. The molecule has 1 saturated heterocycles. The summed E-state index contributed by atoms with van der Waals surface area (Å²) >= 11 is 3.35. The third kappa shape index (κ3) is 4.98. The molecule has 1 heterocycles. The van der Waals surface area contributed by atoms with Gasteiger partial charge in [0.2, 0.25) is 5.91 Å². The van der Waals surface area contributed by atoms with Crippen molar-refractivity contribution in [3.63, 3.8) is 0 Å². The maximum atomic E-state index is 12.7. The number of nitrogens with zero attached hydrogens (tertiary/aromatic N) is 1. The van der Waals surface area contributed by atoms with E-state index in [9.17, 15) is 14.4 Å². The lowest BCUT2D eigenvalue weighted by molar-refractivity contribution is -0.124. The van der Waals surface area contributed by atoms with Gasteiger partial charge in [-0.3, -0.25) is 14.4 Å². The van der Waals surface area contributed by atoms with Crippen LogP contribution in [0.15, 0.2) is 59.1 Å². The predicted octanol–water partition coefficient (Wildman–Crippen LogP) is 2.60. The molecule has 7 heteroatoms. The van der Waals surface area contributed by atoms with Crippen LogP contribution in [0, 0.1) is 0 Å². The molecule has 1 aliphatic heterocycles. The standard InChI is InChI=1S/C21H22BrN3O3/c22-17-10-8-16(9-11-17)21(28)25-14-4-7-18(25)20(27)24-13-12-23-19(26)15-5-2-1-3-6-15/h1-3,5-6,8-11,18H,4,7,12-14H2,(H,23,26)(H,24,27). The molecule has 2 aromatic rings. The van der Waals surface area contributed by atoms with Crippen LogP contribution in [-0.2, 0) is 4.79 Å². The van der Waals surface area contributed by atoms with Gasteiger partial charge in [0.25, 0.3) is 11.8 Å². The SMILES string of the molecule is O=C(NCCNC(=O)C1CCCN1C(=O)c1ccc(Br)cc1)c1ccccc1. The second kappa shape index (κ2) is 9.50. The van der Waals surface area contributed by atoms with Crippen molar-refractivity contribution in [1.29, 1.82) is 0 Å². The number of rotatable bonds is 6. The number of amides is 3. The molecule has 146 valence electrons. The van der Waals surface area contributed by atoms with Gasteiger partial charge in [-0.1, -0.05) is 34.1 Å². The lowest BCUT2D eigenvalue weighted by Crippen LogP contribution is -2.47. The lowest BCUT2D eigenvalue weighted by Gasteiger charge is -2.24. The monoisotopic (exact) mass is 443 g/mol. The Morgan fingerprint density at radius 1 is 0.929 bits per heavy atom. The van der Waals surface area contributed by atoms with Gasteiger partial charge in [-0.2, -0.15) is 0 Å². The number of hydrogen-bond donors (Lipinski definition) is 2. The highest BCUT2D eigenvalue weighted by molar-refractivity contribution is 9.10. The molecule has 0 aliphatic carbocycles. The molecule has 1 fully saturated rings. The molecule has 0 radical (unpaired) electrons.